The zero-order chi connectivity index (χ0) is 26.5. The second-order valence-electron chi connectivity index (χ2n) is 9.29. The second kappa shape index (κ2) is 9.20. The van der Waals surface area contributed by atoms with Gasteiger partial charge in [0.15, 0.2) is 0 Å². The van der Waals surface area contributed by atoms with Gasteiger partial charge in [0, 0.05) is 59.0 Å². The summed E-state index contributed by atoms with van der Waals surface area (Å²) < 4.78 is 49.9. The Morgan fingerprint density at radius 3 is 2.38 bits per heavy atom. The molecule has 1 aliphatic rings. The molecule has 3 heterocycles. The Kier molecular flexibility index (Phi) is 6.17. The van der Waals surface area contributed by atoms with Crippen LogP contribution in [0.25, 0.3) is 33.0 Å². The number of alkyl halides is 3. The molecule has 0 bridgehead atoms. The maximum Gasteiger partial charge on any atom is 0.417 e. The number of methoxy groups -OCH3 is 1. The summed E-state index contributed by atoms with van der Waals surface area (Å²) in [5.41, 5.74) is 0.600. The molecule has 5 rings (SSSR count). The minimum absolute atomic E-state index is 0.0371. The van der Waals surface area contributed by atoms with Gasteiger partial charge in [0.25, 0.3) is 11.8 Å². The lowest BCUT2D eigenvalue weighted by Gasteiger charge is -2.20. The van der Waals surface area contributed by atoms with Crippen LogP contribution in [0.2, 0.25) is 0 Å². The molecule has 10 heteroatoms. The van der Waals surface area contributed by atoms with Crippen LogP contribution >= 0.6 is 0 Å². The molecule has 0 fully saturated rings. The third kappa shape index (κ3) is 4.32. The molecule has 2 aromatic carbocycles. The first kappa shape index (κ1) is 24.8. The Morgan fingerprint density at radius 1 is 1.00 bits per heavy atom. The van der Waals surface area contributed by atoms with Gasteiger partial charge in [-0.3, -0.25) is 14.9 Å². The molecule has 0 saturated heterocycles. The number of nitrogens with zero attached hydrogens (tertiary/aromatic N) is 2. The smallest absolute Gasteiger partial charge is 0.378 e. The van der Waals surface area contributed by atoms with E-state index >= 15 is 0 Å². The lowest BCUT2D eigenvalue weighted by molar-refractivity contribution is -0.136. The first-order valence-corrected chi connectivity index (χ1v) is 11.6. The fraction of sp³-hybridized carbons (Fsp3) is 0.259. The third-order valence-electron chi connectivity index (χ3n) is 6.57. The summed E-state index contributed by atoms with van der Waals surface area (Å²) in [6, 6.07) is 11.1. The van der Waals surface area contributed by atoms with Crippen LogP contribution in [0.4, 0.5) is 13.2 Å². The van der Waals surface area contributed by atoms with Crippen LogP contribution in [0.3, 0.4) is 0 Å². The molecule has 7 nitrogen and oxygen atoms in total. The number of carbonyl (C=O) groups is 2. The number of imide groups is 1. The van der Waals surface area contributed by atoms with Crippen molar-refractivity contribution in [3.63, 3.8) is 0 Å². The fourth-order valence-electron chi connectivity index (χ4n) is 5.01. The molecule has 4 aromatic rings. The number of carbonyl (C=O) groups excluding carboxylic acids is 2. The molecule has 1 unspecified atom stereocenters. The van der Waals surface area contributed by atoms with E-state index in [-0.39, 0.29) is 34.7 Å². The van der Waals surface area contributed by atoms with Gasteiger partial charge >= 0.3 is 6.18 Å². The van der Waals surface area contributed by atoms with E-state index in [0.29, 0.717) is 23.0 Å². The van der Waals surface area contributed by atoms with Crippen LogP contribution in [0.1, 0.15) is 16.7 Å². The number of H-pyrrole nitrogens is 1. The Hall–Kier alpha value is -3.89. The van der Waals surface area contributed by atoms with Gasteiger partial charge < -0.3 is 19.2 Å². The molecule has 1 atom stereocenters. The van der Waals surface area contributed by atoms with Crippen molar-refractivity contribution in [2.24, 2.45) is 0 Å². The SMILES string of the molecule is COC(CN(C)C)Cn1cc(C2=C(c3c[nH]c4ccccc34)C(=O)NC2=O)c2c(C(F)(F)F)cccc21. The Morgan fingerprint density at radius 2 is 1.70 bits per heavy atom. The number of hydrogen-bond acceptors (Lipinski definition) is 4. The van der Waals surface area contributed by atoms with Crippen molar-refractivity contribution in [2.45, 2.75) is 18.8 Å². The highest BCUT2D eigenvalue weighted by Gasteiger charge is 2.39. The van der Waals surface area contributed by atoms with Gasteiger partial charge in [-0.15, -0.1) is 0 Å². The lowest BCUT2D eigenvalue weighted by Crippen LogP contribution is -2.31. The van der Waals surface area contributed by atoms with Gasteiger partial charge in [-0.2, -0.15) is 13.2 Å². The number of ether oxygens (including phenoxy) is 1. The number of halogens is 3. The molecule has 1 aliphatic heterocycles. The lowest BCUT2D eigenvalue weighted by atomic mass is 9.94. The van der Waals surface area contributed by atoms with E-state index in [2.05, 4.69) is 10.3 Å². The van der Waals surface area contributed by atoms with Crippen molar-refractivity contribution in [3.05, 3.63) is 71.5 Å². The summed E-state index contributed by atoms with van der Waals surface area (Å²) in [5, 5.41) is 2.84. The van der Waals surface area contributed by atoms with Crippen molar-refractivity contribution in [1.82, 2.24) is 19.8 Å². The zero-order valence-electron chi connectivity index (χ0n) is 20.4. The van der Waals surface area contributed by atoms with Crippen molar-refractivity contribution in [3.8, 4) is 0 Å². The number of hydrogen-bond donors (Lipinski definition) is 2. The van der Waals surface area contributed by atoms with E-state index in [0.717, 1.165) is 11.6 Å². The standard InChI is InChI=1S/C27H25F3N4O3/c1-33(2)12-15(37-3)13-34-14-18(22-19(27(28,29)30)8-6-10-21(22)34)24-23(25(35)32-26(24)36)17-11-31-20-9-5-4-7-16(17)20/h4-11,14-15,31H,12-13H2,1-3H3,(H,32,35,36). The molecule has 37 heavy (non-hydrogen) atoms. The molecule has 2 N–H and O–H groups in total. The number of para-hydroxylation sites is 1. The summed E-state index contributed by atoms with van der Waals surface area (Å²) in [6.07, 6.45) is -1.89. The largest absolute Gasteiger partial charge is 0.417 e. The van der Waals surface area contributed by atoms with Gasteiger partial charge in [-0.05, 0) is 32.3 Å². The quantitative estimate of drug-likeness (QED) is 0.364. The maximum absolute atomic E-state index is 14.2. The molecular formula is C27H25F3N4O3. The summed E-state index contributed by atoms with van der Waals surface area (Å²) in [5.74, 6) is -1.39. The van der Waals surface area contributed by atoms with Crippen LogP contribution in [-0.4, -0.2) is 60.1 Å². The molecule has 2 amide bonds. The van der Waals surface area contributed by atoms with E-state index in [9.17, 15) is 22.8 Å². The van der Waals surface area contributed by atoms with Crippen LogP contribution in [-0.2, 0) is 27.0 Å². The van der Waals surface area contributed by atoms with Gasteiger partial charge in [0.1, 0.15) is 0 Å². The maximum atomic E-state index is 14.2. The van der Waals surface area contributed by atoms with Crippen molar-refractivity contribution in [1.29, 1.82) is 0 Å². The van der Waals surface area contributed by atoms with E-state index in [4.69, 9.17) is 4.74 Å². The number of likely N-dealkylation sites (N-methyl/N-ethyl adjacent to an activating group) is 1. The number of nitrogens with one attached hydrogen (secondary N) is 2. The average Bonchev–Trinajstić information content (AvgIpc) is 3.50. The van der Waals surface area contributed by atoms with E-state index in [1.54, 1.807) is 36.1 Å². The van der Waals surface area contributed by atoms with E-state index in [1.165, 1.54) is 12.3 Å². The van der Waals surface area contributed by atoms with Crippen LogP contribution in [0, 0.1) is 0 Å². The molecular weight excluding hydrogens is 485 g/mol. The van der Waals surface area contributed by atoms with Gasteiger partial charge in [0.05, 0.1) is 29.4 Å². The number of amides is 2. The van der Waals surface area contributed by atoms with E-state index < -0.39 is 23.6 Å². The molecule has 0 aliphatic carbocycles. The summed E-state index contributed by atoms with van der Waals surface area (Å²) in [7, 11) is 5.29. The highest BCUT2D eigenvalue weighted by molar-refractivity contribution is 6.50. The van der Waals surface area contributed by atoms with Gasteiger partial charge in [0.2, 0.25) is 0 Å². The topological polar surface area (TPSA) is 79.4 Å². The van der Waals surface area contributed by atoms with Gasteiger partial charge in [-0.25, -0.2) is 0 Å². The van der Waals surface area contributed by atoms with Crippen molar-refractivity contribution < 1.29 is 27.5 Å². The third-order valence-corrected chi connectivity index (χ3v) is 6.57. The number of benzene rings is 2. The zero-order valence-corrected chi connectivity index (χ0v) is 20.4. The number of rotatable bonds is 7. The summed E-state index contributed by atoms with van der Waals surface area (Å²) in [4.78, 5) is 31.2. The second-order valence-corrected chi connectivity index (χ2v) is 9.29. The molecule has 0 radical (unpaired) electrons. The molecule has 2 aromatic heterocycles. The van der Waals surface area contributed by atoms with Crippen molar-refractivity contribution >= 4 is 44.8 Å². The highest BCUT2D eigenvalue weighted by Crippen LogP contribution is 2.43. The monoisotopic (exact) mass is 510 g/mol. The van der Waals surface area contributed by atoms with Gasteiger partial charge in [-0.1, -0.05) is 24.3 Å². The average molecular weight is 511 g/mol. The predicted octanol–water partition coefficient (Wildman–Crippen LogP) is 4.29. The molecule has 0 saturated carbocycles. The van der Waals surface area contributed by atoms with Crippen LogP contribution in [0.15, 0.2) is 54.9 Å². The fourth-order valence-corrected chi connectivity index (χ4v) is 5.01. The minimum atomic E-state index is -4.68. The number of aromatic nitrogens is 2. The first-order chi connectivity index (χ1) is 17.6. The predicted molar refractivity (Wildman–Crippen MR) is 135 cm³/mol. The molecule has 0 spiro atoms. The van der Waals surface area contributed by atoms with Crippen LogP contribution < -0.4 is 5.32 Å². The van der Waals surface area contributed by atoms with E-state index in [1.807, 2.05) is 31.1 Å². The van der Waals surface area contributed by atoms with Crippen molar-refractivity contribution in [2.75, 3.05) is 27.7 Å². The normalized spacial score (nSPS) is 15.4. The highest BCUT2D eigenvalue weighted by atomic mass is 19.4. The summed E-state index contributed by atoms with van der Waals surface area (Å²) >= 11 is 0. The Balaban J connectivity index is 1.80. The Labute approximate surface area is 210 Å². The number of aromatic amines is 1. The number of fused-ring (bicyclic) bond motifs is 2. The minimum Gasteiger partial charge on any atom is -0.378 e. The first-order valence-electron chi connectivity index (χ1n) is 11.6. The summed E-state index contributed by atoms with van der Waals surface area (Å²) in [6.45, 7) is 0.782. The Bertz CT molecular complexity index is 1560. The molecule has 192 valence electrons. The van der Waals surface area contributed by atoms with Crippen LogP contribution in [0.5, 0.6) is 0 Å².